The molecular weight excluding hydrogens is 273 g/mol. The maximum Gasteiger partial charge on any atom is 0.485 e. The van der Waals surface area contributed by atoms with Gasteiger partial charge in [0, 0.05) is 6.54 Å². The topological polar surface area (TPSA) is 68.2 Å². The molecule has 3 rings (SSSR count). The van der Waals surface area contributed by atoms with Crippen LogP contribution in [0.1, 0.15) is 12.8 Å². The Morgan fingerprint density at radius 1 is 1.29 bits per heavy atom. The molecule has 21 heavy (non-hydrogen) atoms. The van der Waals surface area contributed by atoms with Crippen LogP contribution in [0.4, 0.5) is 4.79 Å². The number of carboxylic acid groups (broad SMARTS) is 1. The average molecular weight is 291 g/mol. The van der Waals surface area contributed by atoms with Gasteiger partial charge in [0.25, 0.3) is 0 Å². The second-order valence-corrected chi connectivity index (χ2v) is 5.19. The summed E-state index contributed by atoms with van der Waals surface area (Å²) in [6.45, 7) is 1.47. The highest BCUT2D eigenvalue weighted by atomic mass is 16.6. The van der Waals surface area contributed by atoms with E-state index in [4.69, 9.17) is 14.0 Å². The van der Waals surface area contributed by atoms with E-state index >= 15 is 0 Å². The zero-order valence-electron chi connectivity index (χ0n) is 11.7. The predicted molar refractivity (Wildman–Crippen MR) is 76.3 cm³/mol. The second kappa shape index (κ2) is 6.36. The number of likely N-dealkylation sites (tertiary alicyclic amines) is 1. The monoisotopic (exact) mass is 291 g/mol. The highest BCUT2D eigenvalue weighted by molar-refractivity contribution is 6.47. The molecule has 7 heteroatoms. The molecule has 2 aliphatic rings. The van der Waals surface area contributed by atoms with Crippen molar-refractivity contribution in [1.29, 1.82) is 0 Å². The van der Waals surface area contributed by atoms with Gasteiger partial charge in [-0.05, 0) is 25.0 Å². The van der Waals surface area contributed by atoms with E-state index in [0.717, 1.165) is 18.6 Å². The maximum absolute atomic E-state index is 11.5. The summed E-state index contributed by atoms with van der Waals surface area (Å²) < 4.78 is 17.1. The van der Waals surface area contributed by atoms with Crippen LogP contribution in [0.3, 0.4) is 0 Å². The molecular formula is C14H18BNO5. The Morgan fingerprint density at radius 2 is 2.00 bits per heavy atom. The third kappa shape index (κ3) is 3.14. The van der Waals surface area contributed by atoms with Crippen LogP contribution in [-0.2, 0) is 9.31 Å². The van der Waals surface area contributed by atoms with Crippen molar-refractivity contribution in [3.8, 4) is 5.75 Å². The normalized spacial score (nSPS) is 25.9. The van der Waals surface area contributed by atoms with Crippen LogP contribution in [0.5, 0.6) is 5.75 Å². The quantitative estimate of drug-likeness (QED) is 0.858. The highest BCUT2D eigenvalue weighted by Gasteiger charge is 2.48. The summed E-state index contributed by atoms with van der Waals surface area (Å²) in [6, 6.07) is 9.44. The zero-order valence-corrected chi connectivity index (χ0v) is 11.7. The second-order valence-electron chi connectivity index (χ2n) is 5.19. The Morgan fingerprint density at radius 3 is 2.67 bits per heavy atom. The van der Waals surface area contributed by atoms with Crippen LogP contribution in [0.15, 0.2) is 30.3 Å². The van der Waals surface area contributed by atoms with Gasteiger partial charge in [-0.1, -0.05) is 18.2 Å². The molecule has 1 aromatic rings. The smallest absolute Gasteiger partial charge is 0.485 e. The minimum Gasteiger partial charge on any atom is -0.489 e. The first-order valence-electron chi connectivity index (χ1n) is 7.20. The number of rotatable bonds is 3. The molecule has 0 aromatic heterocycles. The van der Waals surface area contributed by atoms with Crippen molar-refractivity contribution in [2.75, 3.05) is 19.8 Å². The number of carbonyl (C=O) groups is 1. The Kier molecular flexibility index (Phi) is 4.31. The summed E-state index contributed by atoms with van der Waals surface area (Å²) in [6.07, 6.45) is 0.334. The first kappa shape index (κ1) is 14.2. The number of ether oxygens (including phenoxy) is 1. The van der Waals surface area contributed by atoms with Crippen molar-refractivity contribution in [2.45, 2.75) is 24.9 Å². The number of para-hydroxylation sites is 1. The number of nitrogens with zero attached hydrogens (tertiary/aromatic N) is 1. The van der Waals surface area contributed by atoms with Crippen molar-refractivity contribution in [1.82, 2.24) is 4.90 Å². The Bertz CT molecular complexity index is 480. The Labute approximate surface area is 123 Å². The molecule has 1 N–H and O–H groups in total. The molecule has 1 amide bonds. The van der Waals surface area contributed by atoms with E-state index in [-0.39, 0.29) is 6.10 Å². The van der Waals surface area contributed by atoms with Gasteiger partial charge in [0.15, 0.2) is 0 Å². The van der Waals surface area contributed by atoms with Crippen LogP contribution >= 0.6 is 0 Å². The summed E-state index contributed by atoms with van der Waals surface area (Å²) in [5.74, 6) is 0.302. The molecule has 0 spiro atoms. The lowest BCUT2D eigenvalue weighted by Crippen LogP contribution is -2.60. The fourth-order valence-electron chi connectivity index (χ4n) is 2.91. The fourth-order valence-corrected chi connectivity index (χ4v) is 2.91. The van der Waals surface area contributed by atoms with Crippen LogP contribution in [0.2, 0.25) is 0 Å². The largest absolute Gasteiger partial charge is 0.489 e. The minimum atomic E-state index is -0.958. The molecule has 0 bridgehead atoms. The predicted octanol–water partition coefficient (Wildman–Crippen LogP) is 1.65. The van der Waals surface area contributed by atoms with E-state index in [9.17, 15) is 9.90 Å². The molecule has 2 saturated heterocycles. The standard InChI is InChI=1S/C14H18BNO5/c17-14(18)16-8-4-7-12(13(16)15-19-9-10-20-15)21-11-5-2-1-3-6-11/h1-3,5-6,12-13H,4,7-10H2,(H,17,18). The molecule has 1 aromatic carbocycles. The summed E-state index contributed by atoms with van der Waals surface area (Å²) >= 11 is 0. The molecule has 6 nitrogen and oxygen atoms in total. The summed E-state index contributed by atoms with van der Waals surface area (Å²) in [5, 5.41) is 9.41. The Hall–Kier alpha value is -1.73. The van der Waals surface area contributed by atoms with Gasteiger partial charge in [-0.2, -0.15) is 0 Å². The van der Waals surface area contributed by atoms with E-state index in [2.05, 4.69) is 0 Å². The molecule has 0 radical (unpaired) electrons. The molecule has 0 aliphatic carbocycles. The molecule has 2 aliphatic heterocycles. The van der Waals surface area contributed by atoms with Gasteiger partial charge in [0.2, 0.25) is 0 Å². The lowest BCUT2D eigenvalue weighted by Gasteiger charge is -2.39. The van der Waals surface area contributed by atoms with E-state index in [1.165, 1.54) is 4.90 Å². The van der Waals surface area contributed by atoms with Gasteiger partial charge in [-0.25, -0.2) is 4.79 Å². The minimum absolute atomic E-state index is 0.264. The number of benzene rings is 1. The number of piperidine rings is 1. The first-order valence-corrected chi connectivity index (χ1v) is 7.20. The van der Waals surface area contributed by atoms with Crippen molar-refractivity contribution >= 4 is 13.2 Å². The van der Waals surface area contributed by atoms with E-state index in [1.807, 2.05) is 30.3 Å². The zero-order chi connectivity index (χ0) is 14.7. The van der Waals surface area contributed by atoms with Crippen molar-refractivity contribution in [3.05, 3.63) is 30.3 Å². The van der Waals surface area contributed by atoms with Gasteiger partial charge < -0.3 is 24.1 Å². The summed E-state index contributed by atoms with van der Waals surface area (Å²) in [5.41, 5.74) is 0. The summed E-state index contributed by atoms with van der Waals surface area (Å²) in [4.78, 5) is 12.9. The van der Waals surface area contributed by atoms with Crippen molar-refractivity contribution in [3.63, 3.8) is 0 Å². The van der Waals surface area contributed by atoms with Crippen molar-refractivity contribution < 1.29 is 23.9 Å². The Balaban J connectivity index is 1.79. The molecule has 2 unspecified atom stereocenters. The number of hydrogen-bond donors (Lipinski definition) is 1. The van der Waals surface area contributed by atoms with Crippen LogP contribution < -0.4 is 4.74 Å². The lowest BCUT2D eigenvalue weighted by molar-refractivity contribution is 0.0475. The van der Waals surface area contributed by atoms with Gasteiger partial charge >= 0.3 is 13.2 Å². The molecule has 2 atom stereocenters. The third-order valence-corrected chi connectivity index (χ3v) is 3.83. The highest BCUT2D eigenvalue weighted by Crippen LogP contribution is 2.26. The fraction of sp³-hybridized carbons (Fsp3) is 0.500. The van der Waals surface area contributed by atoms with E-state index < -0.39 is 19.2 Å². The molecule has 0 saturated carbocycles. The van der Waals surface area contributed by atoms with Gasteiger partial charge in [-0.15, -0.1) is 0 Å². The van der Waals surface area contributed by atoms with Crippen LogP contribution in [0, 0.1) is 0 Å². The molecule has 2 fully saturated rings. The van der Waals surface area contributed by atoms with Crippen molar-refractivity contribution in [2.24, 2.45) is 0 Å². The number of amides is 1. The van der Waals surface area contributed by atoms with E-state index in [0.29, 0.717) is 19.8 Å². The van der Waals surface area contributed by atoms with Gasteiger partial charge in [-0.3, -0.25) is 0 Å². The summed E-state index contributed by atoms with van der Waals surface area (Å²) in [7, 11) is -0.546. The maximum atomic E-state index is 11.5. The van der Waals surface area contributed by atoms with Gasteiger partial charge in [0.05, 0.1) is 13.2 Å². The average Bonchev–Trinajstić information content (AvgIpc) is 3.02. The van der Waals surface area contributed by atoms with Crippen LogP contribution in [0.25, 0.3) is 0 Å². The molecule has 112 valence electrons. The number of hydrogen-bond acceptors (Lipinski definition) is 4. The van der Waals surface area contributed by atoms with E-state index in [1.54, 1.807) is 0 Å². The van der Waals surface area contributed by atoms with Crippen LogP contribution in [-0.4, -0.2) is 55.0 Å². The first-order chi connectivity index (χ1) is 10.3. The third-order valence-electron chi connectivity index (χ3n) is 3.83. The van der Waals surface area contributed by atoms with Gasteiger partial charge in [0.1, 0.15) is 17.8 Å². The lowest BCUT2D eigenvalue weighted by atomic mass is 9.71. The molecule has 2 heterocycles. The SMILES string of the molecule is O=C(O)N1CCCC(Oc2ccccc2)C1B1OCCO1.